The Morgan fingerprint density at radius 1 is 1.25 bits per heavy atom. The van der Waals surface area contributed by atoms with E-state index in [1.165, 1.54) is 4.90 Å². The predicted molar refractivity (Wildman–Crippen MR) is 133 cm³/mol. The lowest BCUT2D eigenvalue weighted by atomic mass is 10.1. The van der Waals surface area contributed by atoms with Crippen LogP contribution in [0, 0.1) is 5.92 Å². The number of thiophene rings is 1. The number of hydrogen-bond acceptors (Lipinski definition) is 5. The molecule has 0 spiro atoms. The summed E-state index contributed by atoms with van der Waals surface area (Å²) in [6.45, 7) is 5.01. The van der Waals surface area contributed by atoms with Gasteiger partial charge in [0.05, 0.1) is 11.4 Å². The van der Waals surface area contributed by atoms with Crippen molar-refractivity contribution in [3.63, 3.8) is 0 Å². The molecule has 6 nitrogen and oxygen atoms in total. The van der Waals surface area contributed by atoms with E-state index >= 15 is 0 Å². The molecule has 0 unspecified atom stereocenters. The predicted octanol–water partition coefficient (Wildman–Crippen LogP) is 5.47. The number of nitrogens with zero attached hydrogens (tertiary/aromatic N) is 2. The first-order chi connectivity index (χ1) is 15.3. The maximum Gasteiger partial charge on any atom is 0.293 e. The highest BCUT2D eigenvalue weighted by molar-refractivity contribution is 9.10. The van der Waals surface area contributed by atoms with Gasteiger partial charge in [-0.3, -0.25) is 19.3 Å². The molecular formula is C23H22BrN3O3S2. The van der Waals surface area contributed by atoms with Gasteiger partial charge in [0.25, 0.3) is 11.1 Å². The first-order valence-electron chi connectivity index (χ1n) is 10.1. The van der Waals surface area contributed by atoms with Crippen LogP contribution in [0.2, 0.25) is 0 Å². The average Bonchev–Trinajstić information content (AvgIpc) is 3.43. The second kappa shape index (κ2) is 9.64. The summed E-state index contributed by atoms with van der Waals surface area (Å²) in [4.78, 5) is 40.4. The van der Waals surface area contributed by atoms with E-state index in [2.05, 4.69) is 21.2 Å². The minimum absolute atomic E-state index is 0.0953. The molecule has 0 saturated carbocycles. The van der Waals surface area contributed by atoms with Gasteiger partial charge in [-0.2, -0.15) is 0 Å². The number of benzene rings is 1. The maximum atomic E-state index is 12.8. The van der Waals surface area contributed by atoms with Gasteiger partial charge in [-0.1, -0.05) is 35.8 Å². The Morgan fingerprint density at radius 2 is 2.06 bits per heavy atom. The summed E-state index contributed by atoms with van der Waals surface area (Å²) in [5, 5.41) is 5.59. The van der Waals surface area contributed by atoms with Crippen molar-refractivity contribution in [2.45, 2.75) is 26.9 Å². The fourth-order valence-electron chi connectivity index (χ4n) is 3.52. The first kappa shape index (κ1) is 22.8. The van der Waals surface area contributed by atoms with Crippen LogP contribution in [-0.2, 0) is 22.7 Å². The lowest BCUT2D eigenvalue weighted by Gasteiger charge is -2.14. The molecule has 1 aromatic carbocycles. The quantitative estimate of drug-likeness (QED) is 0.410. The highest BCUT2D eigenvalue weighted by Gasteiger charge is 2.35. The summed E-state index contributed by atoms with van der Waals surface area (Å²) < 4.78 is 2.77. The molecule has 0 atom stereocenters. The van der Waals surface area contributed by atoms with Crippen LogP contribution in [0.4, 0.5) is 4.79 Å². The standard InChI is InChI=1S/C23H22BrN3O3S2/c1-14(2)11-27-22(29)20(32-23(27)30)8-15-12-26(19-6-5-16(24)9-18(15)19)13-21(28)25-10-17-4-3-7-31-17/h3-9,12,14H,10-11,13H2,1-2H3,(H,25,28)/b20-8-. The summed E-state index contributed by atoms with van der Waals surface area (Å²) >= 11 is 6.06. The third-order valence-corrected chi connectivity index (χ3v) is 7.21. The van der Waals surface area contributed by atoms with Crippen LogP contribution in [0.15, 0.2) is 51.3 Å². The van der Waals surface area contributed by atoms with Crippen molar-refractivity contribution in [3.8, 4) is 0 Å². The van der Waals surface area contributed by atoms with Gasteiger partial charge in [-0.05, 0) is 53.4 Å². The number of carbonyl (C=O) groups is 3. The maximum absolute atomic E-state index is 12.8. The monoisotopic (exact) mass is 531 g/mol. The molecule has 0 aliphatic carbocycles. The summed E-state index contributed by atoms with van der Waals surface area (Å²) in [5.41, 5.74) is 1.68. The van der Waals surface area contributed by atoms with Crippen molar-refractivity contribution in [1.82, 2.24) is 14.8 Å². The van der Waals surface area contributed by atoms with Crippen molar-refractivity contribution in [1.29, 1.82) is 0 Å². The number of imide groups is 1. The number of carbonyl (C=O) groups excluding carboxylic acids is 3. The zero-order valence-electron chi connectivity index (χ0n) is 17.6. The van der Waals surface area contributed by atoms with E-state index in [1.54, 1.807) is 17.4 Å². The van der Waals surface area contributed by atoms with Gasteiger partial charge in [0.2, 0.25) is 5.91 Å². The smallest absolute Gasteiger partial charge is 0.293 e. The summed E-state index contributed by atoms with van der Waals surface area (Å²) in [7, 11) is 0. The van der Waals surface area contributed by atoms with Gasteiger partial charge in [-0.15, -0.1) is 11.3 Å². The SMILES string of the molecule is CC(C)CN1C(=O)S/C(=C\c2cn(CC(=O)NCc3cccs3)c3ccc(Br)cc23)C1=O. The van der Waals surface area contributed by atoms with Crippen molar-refractivity contribution in [3.05, 3.63) is 61.7 Å². The molecule has 1 N–H and O–H groups in total. The number of rotatable bonds is 7. The fourth-order valence-corrected chi connectivity index (χ4v) is 5.36. The summed E-state index contributed by atoms with van der Waals surface area (Å²) in [6.07, 6.45) is 3.61. The second-order valence-corrected chi connectivity index (χ2v) is 10.9. The van der Waals surface area contributed by atoms with Crippen molar-refractivity contribution in [2.75, 3.05) is 6.54 Å². The largest absolute Gasteiger partial charge is 0.350 e. The molecule has 0 radical (unpaired) electrons. The number of nitrogens with one attached hydrogen (secondary N) is 1. The minimum Gasteiger partial charge on any atom is -0.350 e. The third kappa shape index (κ3) is 5.00. The summed E-state index contributed by atoms with van der Waals surface area (Å²) in [6, 6.07) is 9.76. The van der Waals surface area contributed by atoms with E-state index in [9.17, 15) is 14.4 Å². The Balaban J connectivity index is 1.60. The van der Waals surface area contributed by atoms with Crippen LogP contribution in [0.25, 0.3) is 17.0 Å². The molecule has 1 fully saturated rings. The van der Waals surface area contributed by atoms with Crippen LogP contribution < -0.4 is 5.32 Å². The normalized spacial score (nSPS) is 15.5. The van der Waals surface area contributed by atoms with Crippen LogP contribution in [0.3, 0.4) is 0 Å². The molecule has 3 amide bonds. The highest BCUT2D eigenvalue weighted by Crippen LogP contribution is 2.35. The number of aromatic nitrogens is 1. The molecule has 3 heterocycles. The van der Waals surface area contributed by atoms with E-state index in [1.807, 2.05) is 60.3 Å². The molecule has 1 saturated heterocycles. The molecule has 32 heavy (non-hydrogen) atoms. The number of hydrogen-bond donors (Lipinski definition) is 1. The average molecular weight is 532 g/mol. The Hall–Kier alpha value is -2.36. The zero-order valence-corrected chi connectivity index (χ0v) is 20.9. The topological polar surface area (TPSA) is 71.4 Å². The number of fused-ring (bicyclic) bond motifs is 1. The fraction of sp³-hybridized carbons (Fsp3) is 0.261. The molecule has 3 aromatic rings. The number of halogens is 1. The Labute approximate surface area is 202 Å². The van der Waals surface area contributed by atoms with E-state index in [-0.39, 0.29) is 29.5 Å². The summed E-state index contributed by atoms with van der Waals surface area (Å²) in [5.74, 6) is -0.159. The van der Waals surface area contributed by atoms with Gasteiger partial charge in [0, 0.05) is 38.6 Å². The molecule has 0 bridgehead atoms. The Kier molecular flexibility index (Phi) is 6.88. The van der Waals surface area contributed by atoms with Gasteiger partial charge >= 0.3 is 0 Å². The van der Waals surface area contributed by atoms with Crippen molar-refractivity contribution >= 4 is 73.1 Å². The van der Waals surface area contributed by atoms with Gasteiger partial charge in [0.15, 0.2) is 0 Å². The third-order valence-electron chi connectivity index (χ3n) is 4.94. The van der Waals surface area contributed by atoms with Crippen LogP contribution >= 0.6 is 39.0 Å². The number of thioether (sulfide) groups is 1. The van der Waals surface area contributed by atoms with E-state index in [0.29, 0.717) is 18.0 Å². The van der Waals surface area contributed by atoms with Crippen molar-refractivity contribution in [2.24, 2.45) is 5.92 Å². The second-order valence-electron chi connectivity index (χ2n) is 7.92. The molecule has 1 aliphatic heterocycles. The first-order valence-corrected chi connectivity index (χ1v) is 12.6. The van der Waals surface area contributed by atoms with E-state index < -0.39 is 0 Å². The van der Waals surface area contributed by atoms with E-state index in [4.69, 9.17) is 0 Å². The van der Waals surface area contributed by atoms with Crippen LogP contribution in [-0.4, -0.2) is 33.1 Å². The molecular weight excluding hydrogens is 510 g/mol. The lowest BCUT2D eigenvalue weighted by Crippen LogP contribution is -2.31. The van der Waals surface area contributed by atoms with Crippen LogP contribution in [0.5, 0.6) is 0 Å². The lowest BCUT2D eigenvalue weighted by molar-refractivity contribution is -0.123. The number of amides is 3. The van der Waals surface area contributed by atoms with Crippen molar-refractivity contribution < 1.29 is 14.4 Å². The molecule has 9 heteroatoms. The molecule has 1 aliphatic rings. The van der Waals surface area contributed by atoms with Gasteiger partial charge in [-0.25, -0.2) is 0 Å². The molecule has 2 aromatic heterocycles. The molecule has 166 valence electrons. The Bertz CT molecular complexity index is 1210. The van der Waals surface area contributed by atoms with Gasteiger partial charge in [0.1, 0.15) is 6.54 Å². The van der Waals surface area contributed by atoms with E-state index in [0.717, 1.165) is 37.6 Å². The molecule has 4 rings (SSSR count). The highest BCUT2D eigenvalue weighted by atomic mass is 79.9. The van der Waals surface area contributed by atoms with Gasteiger partial charge < -0.3 is 9.88 Å². The zero-order chi connectivity index (χ0) is 22.8. The minimum atomic E-state index is -0.265. The van der Waals surface area contributed by atoms with Crippen LogP contribution in [0.1, 0.15) is 24.3 Å². The Morgan fingerprint density at radius 3 is 2.78 bits per heavy atom.